The van der Waals surface area contributed by atoms with Gasteiger partial charge < -0.3 is 14.9 Å². The fraction of sp³-hybridized carbons (Fsp3) is 0.615. The van der Waals surface area contributed by atoms with Gasteiger partial charge in [-0.25, -0.2) is 9.59 Å². The van der Waals surface area contributed by atoms with Gasteiger partial charge in [-0.3, -0.25) is 4.79 Å². The van der Waals surface area contributed by atoms with E-state index in [1.54, 1.807) is 0 Å². The van der Waals surface area contributed by atoms with Gasteiger partial charge in [0.2, 0.25) is 0 Å². The molecule has 0 aliphatic heterocycles. The number of ether oxygens (including phenoxy) is 1. The van der Waals surface area contributed by atoms with E-state index in [1.807, 2.05) is 0 Å². The van der Waals surface area contributed by atoms with Crippen molar-refractivity contribution in [3.8, 4) is 0 Å². The summed E-state index contributed by atoms with van der Waals surface area (Å²) in [6.07, 6.45) is 4.10. The normalized spacial score (nSPS) is 32.6. The SMILES string of the molecule is O=C(O)/C=C\C(=O)OCC1CC2CC(C(=O)O)C1C2. The third-order valence-corrected chi connectivity index (χ3v) is 4.07. The number of fused-ring (bicyclic) bond motifs is 2. The molecule has 0 radical (unpaired) electrons. The van der Waals surface area contributed by atoms with Crippen molar-refractivity contribution in [3.63, 3.8) is 0 Å². The molecule has 104 valence electrons. The average molecular weight is 268 g/mol. The first-order chi connectivity index (χ1) is 8.97. The number of carboxylic acid groups (broad SMARTS) is 2. The fourth-order valence-electron chi connectivity index (χ4n) is 3.35. The first-order valence-corrected chi connectivity index (χ1v) is 6.28. The lowest BCUT2D eigenvalue weighted by molar-refractivity contribution is -0.145. The molecule has 2 saturated carbocycles. The lowest BCUT2D eigenvalue weighted by Gasteiger charge is -2.26. The van der Waals surface area contributed by atoms with Gasteiger partial charge in [0.1, 0.15) is 0 Å². The summed E-state index contributed by atoms with van der Waals surface area (Å²) in [6, 6.07) is 0. The molecule has 0 saturated heterocycles. The monoisotopic (exact) mass is 268 g/mol. The highest BCUT2D eigenvalue weighted by Gasteiger charge is 2.49. The summed E-state index contributed by atoms with van der Waals surface area (Å²) in [5, 5.41) is 17.5. The Kier molecular flexibility index (Phi) is 3.87. The van der Waals surface area contributed by atoms with Gasteiger partial charge in [0.15, 0.2) is 0 Å². The van der Waals surface area contributed by atoms with Crippen LogP contribution < -0.4 is 0 Å². The van der Waals surface area contributed by atoms with Crippen LogP contribution in [0.5, 0.6) is 0 Å². The van der Waals surface area contributed by atoms with Gasteiger partial charge in [-0.1, -0.05) is 0 Å². The van der Waals surface area contributed by atoms with Crippen LogP contribution >= 0.6 is 0 Å². The third-order valence-electron chi connectivity index (χ3n) is 4.07. The predicted octanol–water partition coefficient (Wildman–Crippen LogP) is 0.917. The van der Waals surface area contributed by atoms with Crippen molar-refractivity contribution in [1.82, 2.24) is 0 Å². The topological polar surface area (TPSA) is 101 Å². The Morgan fingerprint density at radius 1 is 1.11 bits per heavy atom. The van der Waals surface area contributed by atoms with Crippen molar-refractivity contribution in [3.05, 3.63) is 12.2 Å². The van der Waals surface area contributed by atoms with E-state index in [0.717, 1.165) is 31.4 Å². The molecule has 6 heteroatoms. The Bertz CT molecular complexity index is 427. The number of carbonyl (C=O) groups is 3. The fourth-order valence-corrected chi connectivity index (χ4v) is 3.35. The second kappa shape index (κ2) is 5.42. The van der Waals surface area contributed by atoms with Crippen LogP contribution in [0.25, 0.3) is 0 Å². The third kappa shape index (κ3) is 3.13. The second-order valence-electron chi connectivity index (χ2n) is 5.24. The number of rotatable bonds is 5. The summed E-state index contributed by atoms with van der Waals surface area (Å²) in [6.45, 7) is 0.174. The van der Waals surface area contributed by atoms with Gasteiger partial charge in [-0.2, -0.15) is 0 Å². The maximum absolute atomic E-state index is 11.2. The zero-order chi connectivity index (χ0) is 14.0. The van der Waals surface area contributed by atoms with Gasteiger partial charge in [-0.05, 0) is 37.0 Å². The van der Waals surface area contributed by atoms with Crippen molar-refractivity contribution in [1.29, 1.82) is 0 Å². The molecule has 2 aliphatic carbocycles. The zero-order valence-corrected chi connectivity index (χ0v) is 10.3. The molecular weight excluding hydrogens is 252 g/mol. The number of esters is 1. The van der Waals surface area contributed by atoms with Crippen molar-refractivity contribution < 1.29 is 29.3 Å². The quantitative estimate of drug-likeness (QED) is 0.568. The van der Waals surface area contributed by atoms with Crippen LogP contribution in [0.4, 0.5) is 0 Å². The summed E-state index contributed by atoms with van der Waals surface area (Å²) in [7, 11) is 0. The van der Waals surface area contributed by atoms with Crippen LogP contribution in [0.1, 0.15) is 19.3 Å². The molecule has 0 aromatic carbocycles. The van der Waals surface area contributed by atoms with Crippen LogP contribution in [0.15, 0.2) is 12.2 Å². The molecule has 19 heavy (non-hydrogen) atoms. The molecule has 4 unspecified atom stereocenters. The van der Waals surface area contributed by atoms with Gasteiger partial charge in [-0.15, -0.1) is 0 Å². The minimum atomic E-state index is -1.21. The van der Waals surface area contributed by atoms with E-state index in [1.165, 1.54) is 0 Å². The standard InChI is InChI=1S/C13H16O6/c14-11(15)1-2-12(16)19-6-8-3-7-4-9(8)10(5-7)13(17)18/h1-2,7-10H,3-6H2,(H,14,15)(H,17,18)/b2-1-. The molecule has 0 amide bonds. The molecule has 0 aromatic heterocycles. The smallest absolute Gasteiger partial charge is 0.331 e. The Labute approximate surface area is 110 Å². The number of carboxylic acids is 2. The molecule has 4 atom stereocenters. The van der Waals surface area contributed by atoms with E-state index in [2.05, 4.69) is 0 Å². The van der Waals surface area contributed by atoms with E-state index in [9.17, 15) is 14.4 Å². The highest BCUT2D eigenvalue weighted by atomic mass is 16.5. The van der Waals surface area contributed by atoms with E-state index in [-0.39, 0.29) is 24.4 Å². The molecular formula is C13H16O6. The molecule has 2 rings (SSSR count). The average Bonchev–Trinajstić information content (AvgIpc) is 2.93. The molecule has 2 aliphatic rings. The molecule has 6 nitrogen and oxygen atoms in total. The Morgan fingerprint density at radius 3 is 2.42 bits per heavy atom. The van der Waals surface area contributed by atoms with Crippen molar-refractivity contribution in [2.24, 2.45) is 23.7 Å². The lowest BCUT2D eigenvalue weighted by atomic mass is 9.81. The van der Waals surface area contributed by atoms with Crippen LogP contribution in [0.2, 0.25) is 0 Å². The van der Waals surface area contributed by atoms with Crippen molar-refractivity contribution >= 4 is 17.9 Å². The Balaban J connectivity index is 1.83. The first kappa shape index (κ1) is 13.6. The van der Waals surface area contributed by atoms with E-state index >= 15 is 0 Å². The van der Waals surface area contributed by atoms with Crippen LogP contribution in [0, 0.1) is 23.7 Å². The zero-order valence-electron chi connectivity index (χ0n) is 10.3. The van der Waals surface area contributed by atoms with Crippen molar-refractivity contribution in [2.75, 3.05) is 6.61 Å². The van der Waals surface area contributed by atoms with Crippen molar-refractivity contribution in [2.45, 2.75) is 19.3 Å². The van der Waals surface area contributed by atoms with Crippen LogP contribution in [-0.2, 0) is 19.1 Å². The molecule has 0 aromatic rings. The van der Waals surface area contributed by atoms with E-state index in [4.69, 9.17) is 14.9 Å². The Hall–Kier alpha value is -1.85. The number of aliphatic carboxylic acids is 2. The number of hydrogen-bond donors (Lipinski definition) is 2. The number of carbonyl (C=O) groups excluding carboxylic acids is 1. The van der Waals surface area contributed by atoms with Gasteiger partial charge in [0.25, 0.3) is 0 Å². The minimum absolute atomic E-state index is 0.0822. The van der Waals surface area contributed by atoms with Gasteiger partial charge in [0.05, 0.1) is 12.5 Å². The summed E-state index contributed by atoms with van der Waals surface area (Å²) in [5.74, 6) is -2.41. The minimum Gasteiger partial charge on any atom is -0.481 e. The predicted molar refractivity (Wildman–Crippen MR) is 63.2 cm³/mol. The molecule has 2 fully saturated rings. The summed E-state index contributed by atoms with van der Waals surface area (Å²) >= 11 is 0. The molecule has 2 N–H and O–H groups in total. The largest absolute Gasteiger partial charge is 0.481 e. The Morgan fingerprint density at radius 2 is 1.84 bits per heavy atom. The maximum atomic E-state index is 11.2. The van der Waals surface area contributed by atoms with E-state index in [0.29, 0.717) is 5.92 Å². The summed E-state index contributed by atoms with van der Waals surface area (Å²) in [4.78, 5) is 32.5. The highest BCUT2D eigenvalue weighted by Crippen LogP contribution is 2.51. The highest BCUT2D eigenvalue weighted by molar-refractivity contribution is 5.90. The number of hydrogen-bond acceptors (Lipinski definition) is 4. The lowest BCUT2D eigenvalue weighted by Crippen LogP contribution is -2.29. The van der Waals surface area contributed by atoms with Crippen LogP contribution in [-0.4, -0.2) is 34.7 Å². The van der Waals surface area contributed by atoms with Gasteiger partial charge >= 0.3 is 17.9 Å². The molecule has 2 bridgehead atoms. The van der Waals surface area contributed by atoms with E-state index < -0.39 is 17.9 Å². The molecule has 0 heterocycles. The van der Waals surface area contributed by atoms with Crippen LogP contribution in [0.3, 0.4) is 0 Å². The first-order valence-electron chi connectivity index (χ1n) is 6.28. The summed E-state index contributed by atoms with van der Waals surface area (Å²) < 4.78 is 4.98. The summed E-state index contributed by atoms with van der Waals surface area (Å²) in [5.41, 5.74) is 0. The maximum Gasteiger partial charge on any atom is 0.331 e. The molecule has 0 spiro atoms. The van der Waals surface area contributed by atoms with Gasteiger partial charge in [0, 0.05) is 12.2 Å². The second-order valence-corrected chi connectivity index (χ2v) is 5.24.